The third-order valence-electron chi connectivity index (χ3n) is 11.1. The van der Waals surface area contributed by atoms with Crippen LogP contribution in [0.3, 0.4) is 0 Å². The Hall–Kier alpha value is -7.63. The monoisotopic (exact) mass is 715 g/mol. The fourth-order valence-corrected chi connectivity index (χ4v) is 8.40. The fourth-order valence-electron chi connectivity index (χ4n) is 8.40. The summed E-state index contributed by atoms with van der Waals surface area (Å²) in [7, 11) is 0. The van der Waals surface area contributed by atoms with Crippen molar-refractivity contribution in [2.45, 2.75) is 0 Å². The van der Waals surface area contributed by atoms with Gasteiger partial charge in [-0.05, 0) is 79.8 Å². The highest BCUT2D eigenvalue weighted by molar-refractivity contribution is 6.19. The van der Waals surface area contributed by atoms with Gasteiger partial charge in [-0.25, -0.2) is 15.0 Å². The Balaban J connectivity index is 1.01. The van der Waals surface area contributed by atoms with Crippen LogP contribution in [0.5, 0.6) is 0 Å². The van der Waals surface area contributed by atoms with E-state index in [2.05, 4.69) is 133 Å². The lowest BCUT2D eigenvalue weighted by Crippen LogP contribution is -2.00. The second kappa shape index (κ2) is 11.9. The van der Waals surface area contributed by atoms with Gasteiger partial charge in [0.15, 0.2) is 17.5 Å². The first-order chi connectivity index (χ1) is 27.7. The number of hydrogen-bond donors (Lipinski definition) is 0. The smallest absolute Gasteiger partial charge is 0.164 e. The largest absolute Gasteiger partial charge is 0.456 e. The second-order valence-corrected chi connectivity index (χ2v) is 14.4. The first-order valence-electron chi connectivity index (χ1n) is 18.8. The molecule has 3 aromatic heterocycles. The predicted octanol–water partition coefficient (Wildman–Crippen LogP) is 13.8. The first-order valence-corrected chi connectivity index (χ1v) is 18.8. The van der Waals surface area contributed by atoms with Gasteiger partial charge in [-0.15, -0.1) is 0 Å². The van der Waals surface area contributed by atoms with E-state index in [-0.39, 0.29) is 0 Å². The molecule has 56 heavy (non-hydrogen) atoms. The molecule has 0 fully saturated rings. The molecule has 0 aliphatic carbocycles. The number of fused-ring (bicyclic) bond motifs is 11. The molecule has 0 saturated heterocycles. The first kappa shape index (κ1) is 30.8. The minimum Gasteiger partial charge on any atom is -0.456 e. The highest BCUT2D eigenvalue weighted by Gasteiger charge is 2.18. The van der Waals surface area contributed by atoms with Crippen molar-refractivity contribution in [1.29, 1.82) is 0 Å². The molecule has 12 aromatic rings. The summed E-state index contributed by atoms with van der Waals surface area (Å²) in [6.45, 7) is 0. The van der Waals surface area contributed by atoms with Gasteiger partial charge in [-0.3, -0.25) is 0 Å². The Kier molecular flexibility index (Phi) is 6.56. The fraction of sp³-hybridized carbons (Fsp3) is 0. The van der Waals surface area contributed by atoms with Crippen LogP contribution in [0.2, 0.25) is 0 Å². The molecule has 12 rings (SSSR count). The maximum Gasteiger partial charge on any atom is 0.164 e. The maximum atomic E-state index is 6.27. The van der Waals surface area contributed by atoms with Crippen LogP contribution in [0.25, 0.3) is 121 Å². The SMILES string of the molecule is c1ccc2c(c1)ccc1cc(-c3nc(-c4ccc(-c5ccc6ccc7oc8ccccc8c7c6c5)cc4)nc(-c4cccc5oc6ccccc6c45)n3)ccc12. The molecule has 0 bridgehead atoms. The van der Waals surface area contributed by atoms with Crippen LogP contribution in [-0.4, -0.2) is 15.0 Å². The van der Waals surface area contributed by atoms with Gasteiger partial charge in [-0.1, -0.05) is 140 Å². The molecule has 0 unspecified atom stereocenters. The van der Waals surface area contributed by atoms with E-state index in [9.17, 15) is 0 Å². The molecular formula is C51H29N3O2. The van der Waals surface area contributed by atoms with Crippen molar-refractivity contribution in [3.63, 3.8) is 0 Å². The highest BCUT2D eigenvalue weighted by atomic mass is 16.3. The molecule has 5 heteroatoms. The number of aromatic nitrogens is 3. The van der Waals surface area contributed by atoms with Crippen LogP contribution in [0.4, 0.5) is 0 Å². The van der Waals surface area contributed by atoms with Crippen LogP contribution in [0.15, 0.2) is 185 Å². The molecule has 0 radical (unpaired) electrons. The summed E-state index contributed by atoms with van der Waals surface area (Å²) in [6, 6.07) is 61.1. The summed E-state index contributed by atoms with van der Waals surface area (Å²) in [5.41, 5.74) is 8.37. The summed E-state index contributed by atoms with van der Waals surface area (Å²) >= 11 is 0. The molecule has 9 aromatic carbocycles. The summed E-state index contributed by atoms with van der Waals surface area (Å²) in [5.74, 6) is 1.81. The van der Waals surface area contributed by atoms with E-state index in [1.54, 1.807) is 0 Å². The number of nitrogens with zero attached hydrogens (tertiary/aromatic N) is 3. The third kappa shape index (κ3) is 4.78. The molecule has 0 amide bonds. The zero-order valence-corrected chi connectivity index (χ0v) is 29.9. The summed E-state index contributed by atoms with van der Waals surface area (Å²) < 4.78 is 12.5. The lowest BCUT2D eigenvalue weighted by atomic mass is 9.97. The Morgan fingerprint density at radius 1 is 0.286 bits per heavy atom. The van der Waals surface area contributed by atoms with Crippen molar-refractivity contribution in [3.8, 4) is 45.3 Å². The second-order valence-electron chi connectivity index (χ2n) is 14.4. The van der Waals surface area contributed by atoms with E-state index in [4.69, 9.17) is 23.8 Å². The van der Waals surface area contributed by atoms with Crippen LogP contribution >= 0.6 is 0 Å². The van der Waals surface area contributed by atoms with E-state index in [0.717, 1.165) is 77.1 Å². The van der Waals surface area contributed by atoms with Crippen LogP contribution < -0.4 is 0 Å². The number of benzene rings is 9. The van der Waals surface area contributed by atoms with E-state index in [1.165, 1.54) is 26.9 Å². The normalized spacial score (nSPS) is 11.9. The molecule has 0 N–H and O–H groups in total. The number of hydrogen-bond acceptors (Lipinski definition) is 5. The van der Waals surface area contributed by atoms with Crippen LogP contribution in [0.1, 0.15) is 0 Å². The van der Waals surface area contributed by atoms with Crippen LogP contribution in [-0.2, 0) is 0 Å². The minimum absolute atomic E-state index is 0.593. The molecule has 0 spiro atoms. The van der Waals surface area contributed by atoms with E-state index in [0.29, 0.717) is 17.5 Å². The molecule has 260 valence electrons. The minimum atomic E-state index is 0.593. The van der Waals surface area contributed by atoms with Crippen molar-refractivity contribution in [2.24, 2.45) is 0 Å². The summed E-state index contributed by atoms with van der Waals surface area (Å²) in [5, 5.41) is 11.4. The van der Waals surface area contributed by atoms with Gasteiger partial charge in [-0.2, -0.15) is 0 Å². The number of rotatable bonds is 4. The summed E-state index contributed by atoms with van der Waals surface area (Å²) in [6.07, 6.45) is 0. The lowest BCUT2D eigenvalue weighted by molar-refractivity contribution is 0.668. The third-order valence-corrected chi connectivity index (χ3v) is 11.1. The van der Waals surface area contributed by atoms with Crippen molar-refractivity contribution in [2.75, 3.05) is 0 Å². The summed E-state index contributed by atoms with van der Waals surface area (Å²) in [4.78, 5) is 15.5. The van der Waals surface area contributed by atoms with Gasteiger partial charge < -0.3 is 8.83 Å². The average Bonchev–Trinajstić information content (AvgIpc) is 3.85. The van der Waals surface area contributed by atoms with Gasteiger partial charge >= 0.3 is 0 Å². The quantitative estimate of drug-likeness (QED) is 0.170. The lowest BCUT2D eigenvalue weighted by Gasteiger charge is -2.11. The number of furan rings is 2. The Morgan fingerprint density at radius 3 is 1.64 bits per heavy atom. The Morgan fingerprint density at radius 2 is 0.821 bits per heavy atom. The molecule has 0 aliphatic heterocycles. The highest BCUT2D eigenvalue weighted by Crippen LogP contribution is 2.39. The van der Waals surface area contributed by atoms with Gasteiger partial charge in [0.1, 0.15) is 22.3 Å². The van der Waals surface area contributed by atoms with E-state index < -0.39 is 0 Å². The van der Waals surface area contributed by atoms with E-state index >= 15 is 0 Å². The van der Waals surface area contributed by atoms with Crippen molar-refractivity contribution >= 4 is 76.2 Å². The molecule has 0 aliphatic rings. The van der Waals surface area contributed by atoms with Gasteiger partial charge in [0.2, 0.25) is 0 Å². The van der Waals surface area contributed by atoms with Gasteiger partial charge in [0.05, 0.1) is 0 Å². The van der Waals surface area contributed by atoms with Gasteiger partial charge in [0, 0.05) is 38.2 Å². The van der Waals surface area contributed by atoms with Gasteiger partial charge in [0.25, 0.3) is 0 Å². The Labute approximate surface area is 320 Å². The molecule has 0 saturated carbocycles. The zero-order valence-electron chi connectivity index (χ0n) is 29.9. The van der Waals surface area contributed by atoms with E-state index in [1.807, 2.05) is 42.5 Å². The molecule has 3 heterocycles. The van der Waals surface area contributed by atoms with Crippen molar-refractivity contribution in [1.82, 2.24) is 15.0 Å². The maximum absolute atomic E-state index is 6.27. The topological polar surface area (TPSA) is 65.0 Å². The molecular weight excluding hydrogens is 687 g/mol. The average molecular weight is 716 g/mol. The van der Waals surface area contributed by atoms with Crippen LogP contribution in [0, 0.1) is 0 Å². The zero-order chi connectivity index (χ0) is 36.7. The molecule has 0 atom stereocenters. The Bertz CT molecular complexity index is 3540. The van der Waals surface area contributed by atoms with Crippen molar-refractivity contribution < 1.29 is 8.83 Å². The number of para-hydroxylation sites is 2. The van der Waals surface area contributed by atoms with Crippen molar-refractivity contribution in [3.05, 3.63) is 176 Å². The molecule has 5 nitrogen and oxygen atoms in total. The predicted molar refractivity (Wildman–Crippen MR) is 229 cm³/mol. The standard InChI is InChI=1S/C51H29N3O2/c1-2-9-37-31(8-1)19-23-35-28-36(24-26-38(35)37)50-52-49(53-51(54-50)41-12-7-15-45-47(41)39-10-3-5-13-43(39)55-45)33-20-16-30(17-21-33)34-22-18-32-25-27-46-48(42(32)29-34)40-11-4-6-14-44(40)56-46/h1-29H.